The van der Waals surface area contributed by atoms with E-state index < -0.39 is 0 Å². The first-order valence-electron chi connectivity index (χ1n) is 7.82. The van der Waals surface area contributed by atoms with Crippen LogP contribution in [0.25, 0.3) is 0 Å². The fourth-order valence-electron chi connectivity index (χ4n) is 2.39. The lowest BCUT2D eigenvalue weighted by Crippen LogP contribution is -2.26. The number of H-pyrrole nitrogens is 2. The number of nitrogens with zero attached hydrogens (tertiary/aromatic N) is 1. The number of anilines is 1. The van der Waals surface area contributed by atoms with E-state index in [4.69, 9.17) is 5.41 Å². The largest absolute Gasteiger partial charge is 0.379 e. The van der Waals surface area contributed by atoms with E-state index in [1.54, 1.807) is 0 Å². The van der Waals surface area contributed by atoms with Crippen molar-refractivity contribution in [3.63, 3.8) is 0 Å². The van der Waals surface area contributed by atoms with Crippen molar-refractivity contribution in [3.8, 4) is 0 Å². The Morgan fingerprint density at radius 2 is 2.08 bits per heavy atom. The molecule has 3 aromatic rings. The molecule has 0 atom stereocenters. The van der Waals surface area contributed by atoms with Crippen LogP contribution in [0.5, 0.6) is 0 Å². The van der Waals surface area contributed by atoms with Crippen LogP contribution in [-0.2, 0) is 6.54 Å². The zero-order valence-electron chi connectivity index (χ0n) is 14.0. The van der Waals surface area contributed by atoms with E-state index in [0.717, 1.165) is 10.6 Å². The molecular weight excluding hydrogens is 334 g/mol. The Hall–Kier alpha value is -2.93. The Kier molecular flexibility index (Phi) is 4.95. The predicted molar refractivity (Wildman–Crippen MR) is 101 cm³/mol. The average molecular weight is 353 g/mol. The summed E-state index contributed by atoms with van der Waals surface area (Å²) in [6, 6.07) is 11.2. The molecule has 0 spiro atoms. The summed E-state index contributed by atoms with van der Waals surface area (Å²) in [4.78, 5) is 22.5. The molecule has 25 heavy (non-hydrogen) atoms. The average Bonchev–Trinajstić information content (AvgIpc) is 3.10. The van der Waals surface area contributed by atoms with Crippen molar-refractivity contribution in [2.75, 3.05) is 5.32 Å². The molecule has 4 N–H and O–H groups in total. The molecule has 3 rings (SSSR count). The summed E-state index contributed by atoms with van der Waals surface area (Å²) in [6.45, 7) is 4.58. The van der Waals surface area contributed by atoms with Crippen LogP contribution in [0.2, 0.25) is 0 Å². The number of aryl methyl sites for hydroxylation is 1. The second-order valence-electron chi connectivity index (χ2n) is 5.67. The van der Waals surface area contributed by atoms with Gasteiger partial charge in [0, 0.05) is 17.4 Å². The number of amidine groups is 1. The van der Waals surface area contributed by atoms with E-state index >= 15 is 0 Å². The number of hydrogen-bond donors (Lipinski definition) is 4. The fraction of sp³-hybridized carbons (Fsp3) is 0.167. The highest BCUT2D eigenvalue weighted by Gasteiger charge is 2.03. The Balaban J connectivity index is 1.83. The van der Waals surface area contributed by atoms with Gasteiger partial charge in [0.25, 0.3) is 5.56 Å². The lowest BCUT2D eigenvalue weighted by atomic mass is 10.1. The molecule has 2 aromatic heterocycles. The van der Waals surface area contributed by atoms with E-state index in [2.05, 4.69) is 40.2 Å². The lowest BCUT2D eigenvalue weighted by Gasteiger charge is -2.11. The molecule has 6 nitrogen and oxygen atoms in total. The smallest absolute Gasteiger partial charge is 0.252 e. The summed E-state index contributed by atoms with van der Waals surface area (Å²) in [6.07, 6.45) is 0. The molecule has 1 aromatic carbocycles. The van der Waals surface area contributed by atoms with Crippen molar-refractivity contribution in [2.24, 2.45) is 4.99 Å². The molecular formula is C18H19N5OS. The van der Waals surface area contributed by atoms with Crippen molar-refractivity contribution in [2.45, 2.75) is 20.4 Å². The van der Waals surface area contributed by atoms with Crippen molar-refractivity contribution >= 4 is 22.9 Å². The predicted octanol–water partition coefficient (Wildman–Crippen LogP) is 2.92. The van der Waals surface area contributed by atoms with Crippen LogP contribution in [0.15, 0.2) is 51.6 Å². The van der Waals surface area contributed by atoms with Gasteiger partial charge < -0.3 is 10.3 Å². The quantitative estimate of drug-likeness (QED) is 0.428. The summed E-state index contributed by atoms with van der Waals surface area (Å²) in [5.74, 6) is 0.113. The standard InChI is InChI=1S/C18H19N5OS/c1-11-5-3-6-14(12(11)2)20-10-13-9-16(24)22-18(21-13)23-17(19)15-7-4-8-25-15/h3-9,20H,10H2,1-2H3,(H3,19,21,22,23,24). The van der Waals surface area contributed by atoms with Gasteiger partial charge in [-0.05, 0) is 42.5 Å². The normalized spacial score (nSPS) is 11.5. The number of benzene rings is 1. The van der Waals surface area contributed by atoms with Crippen LogP contribution in [0, 0.1) is 19.3 Å². The number of aromatic amines is 2. The van der Waals surface area contributed by atoms with Gasteiger partial charge in [-0.1, -0.05) is 18.2 Å². The first-order valence-corrected chi connectivity index (χ1v) is 8.70. The minimum absolute atomic E-state index is 0.113. The van der Waals surface area contributed by atoms with Crippen molar-refractivity contribution < 1.29 is 0 Å². The molecule has 7 heteroatoms. The van der Waals surface area contributed by atoms with Crippen molar-refractivity contribution in [1.82, 2.24) is 9.97 Å². The Morgan fingerprint density at radius 1 is 1.24 bits per heavy atom. The Labute approximate surface area is 148 Å². The zero-order valence-corrected chi connectivity index (χ0v) is 14.8. The van der Waals surface area contributed by atoms with Gasteiger partial charge in [0.05, 0.1) is 11.4 Å². The van der Waals surface area contributed by atoms with E-state index in [-0.39, 0.29) is 17.0 Å². The SMILES string of the molecule is Cc1cccc(NCc2cc(=O)[nH]/c(=N\C(=N)c3cccs3)[nH]2)c1C. The molecule has 0 saturated carbocycles. The molecule has 0 aliphatic carbocycles. The fourth-order valence-corrected chi connectivity index (χ4v) is 3.01. The molecule has 0 unspecified atom stereocenters. The molecule has 0 saturated heterocycles. The summed E-state index contributed by atoms with van der Waals surface area (Å²) >= 11 is 1.43. The van der Waals surface area contributed by atoms with Gasteiger partial charge in [-0.25, -0.2) is 0 Å². The Morgan fingerprint density at radius 3 is 2.84 bits per heavy atom. The van der Waals surface area contributed by atoms with Crippen LogP contribution in [0.3, 0.4) is 0 Å². The molecule has 0 radical (unpaired) electrons. The van der Waals surface area contributed by atoms with E-state index in [0.29, 0.717) is 12.2 Å². The van der Waals surface area contributed by atoms with Gasteiger partial charge >= 0.3 is 0 Å². The minimum atomic E-state index is -0.255. The zero-order chi connectivity index (χ0) is 17.8. The molecule has 0 aliphatic heterocycles. The van der Waals surface area contributed by atoms with E-state index in [1.807, 2.05) is 29.6 Å². The number of nitrogens with one attached hydrogen (secondary N) is 4. The molecule has 0 amide bonds. The third kappa shape index (κ3) is 4.13. The van der Waals surface area contributed by atoms with Gasteiger partial charge in [-0.2, -0.15) is 4.99 Å². The van der Waals surface area contributed by atoms with Crippen LogP contribution >= 0.6 is 11.3 Å². The number of aromatic nitrogens is 2. The summed E-state index contributed by atoms with van der Waals surface area (Å²) in [5.41, 5.74) is 4.12. The molecule has 2 heterocycles. The molecule has 0 bridgehead atoms. The maximum atomic E-state index is 11.9. The van der Waals surface area contributed by atoms with Crippen LogP contribution < -0.4 is 16.5 Å². The Bertz CT molecular complexity index is 1010. The van der Waals surface area contributed by atoms with Crippen LogP contribution in [-0.4, -0.2) is 15.8 Å². The maximum Gasteiger partial charge on any atom is 0.252 e. The minimum Gasteiger partial charge on any atom is -0.379 e. The van der Waals surface area contributed by atoms with Crippen molar-refractivity contribution in [1.29, 1.82) is 5.41 Å². The van der Waals surface area contributed by atoms with Crippen LogP contribution in [0.4, 0.5) is 5.69 Å². The van der Waals surface area contributed by atoms with Gasteiger partial charge in [-0.3, -0.25) is 15.2 Å². The van der Waals surface area contributed by atoms with E-state index in [9.17, 15) is 4.79 Å². The first kappa shape index (κ1) is 16.9. The number of thiophene rings is 1. The summed E-state index contributed by atoms with van der Waals surface area (Å²) < 4.78 is 0. The highest BCUT2D eigenvalue weighted by atomic mass is 32.1. The summed E-state index contributed by atoms with van der Waals surface area (Å²) in [7, 11) is 0. The third-order valence-electron chi connectivity index (χ3n) is 3.88. The molecule has 0 aliphatic rings. The second-order valence-corrected chi connectivity index (χ2v) is 6.62. The second kappa shape index (κ2) is 7.31. The van der Waals surface area contributed by atoms with Gasteiger partial charge in [0.1, 0.15) is 0 Å². The number of hydrogen-bond acceptors (Lipinski definition) is 4. The molecule has 0 fully saturated rings. The highest BCUT2D eigenvalue weighted by molar-refractivity contribution is 7.12. The maximum absolute atomic E-state index is 11.9. The summed E-state index contributed by atoms with van der Waals surface area (Å²) in [5, 5.41) is 13.2. The topological polar surface area (TPSA) is 96.9 Å². The third-order valence-corrected chi connectivity index (χ3v) is 4.75. The first-order chi connectivity index (χ1) is 12.0. The monoisotopic (exact) mass is 353 g/mol. The van der Waals surface area contributed by atoms with Crippen LogP contribution in [0.1, 0.15) is 21.7 Å². The highest BCUT2D eigenvalue weighted by Crippen LogP contribution is 2.18. The van der Waals surface area contributed by atoms with Crippen molar-refractivity contribution in [3.05, 3.63) is 79.4 Å². The van der Waals surface area contributed by atoms with Gasteiger partial charge in [0.2, 0.25) is 5.62 Å². The number of rotatable bonds is 4. The van der Waals surface area contributed by atoms with E-state index in [1.165, 1.54) is 28.5 Å². The van der Waals surface area contributed by atoms with Gasteiger partial charge in [-0.15, -0.1) is 11.3 Å². The van der Waals surface area contributed by atoms with Gasteiger partial charge in [0.15, 0.2) is 5.84 Å². The molecule has 128 valence electrons. The lowest BCUT2D eigenvalue weighted by molar-refractivity contribution is 0.912.